The van der Waals surface area contributed by atoms with Gasteiger partial charge in [-0.25, -0.2) is 0 Å². The molecule has 132 valence electrons. The van der Waals surface area contributed by atoms with Crippen molar-refractivity contribution < 1.29 is 13.2 Å². The van der Waals surface area contributed by atoms with Crippen LogP contribution < -0.4 is 0 Å². The van der Waals surface area contributed by atoms with E-state index in [0.29, 0.717) is 17.4 Å². The van der Waals surface area contributed by atoms with Gasteiger partial charge in [0.1, 0.15) is 0 Å². The average molecular weight is 347 g/mol. The summed E-state index contributed by atoms with van der Waals surface area (Å²) >= 11 is 0. The zero-order valence-corrected chi connectivity index (χ0v) is 13.8. The summed E-state index contributed by atoms with van der Waals surface area (Å²) in [5.74, 6) is 0.970. The van der Waals surface area contributed by atoms with Gasteiger partial charge in [-0.15, -0.1) is 0 Å². The molecule has 2 heterocycles. The molecule has 3 nitrogen and oxygen atoms in total. The first-order chi connectivity index (χ1) is 12.0. The monoisotopic (exact) mass is 347 g/mol. The lowest BCUT2D eigenvalue weighted by Gasteiger charge is -2.21. The largest absolute Gasteiger partial charge is 0.416 e. The van der Waals surface area contributed by atoms with E-state index in [1.54, 1.807) is 18.3 Å². The summed E-state index contributed by atoms with van der Waals surface area (Å²) in [5.41, 5.74) is 0.961. The molecule has 3 atom stereocenters. The molecule has 1 saturated carbocycles. The number of hydrogen-bond donors (Lipinski definition) is 0. The van der Waals surface area contributed by atoms with E-state index in [2.05, 4.69) is 15.1 Å². The second kappa shape index (κ2) is 6.41. The predicted molar refractivity (Wildman–Crippen MR) is 87.7 cm³/mol. The SMILES string of the molecule is FC(F)(F)c1ccccc1C1C[C@@H]2CN(Cc3cccnn3)C[C@@H]2C1. The number of halogens is 3. The molecule has 1 unspecified atom stereocenters. The van der Waals surface area contributed by atoms with Gasteiger partial charge in [-0.05, 0) is 54.4 Å². The van der Waals surface area contributed by atoms with Crippen LogP contribution in [0.5, 0.6) is 0 Å². The normalized spacial score (nSPS) is 26.8. The zero-order valence-electron chi connectivity index (χ0n) is 13.8. The van der Waals surface area contributed by atoms with Crippen molar-refractivity contribution in [3.63, 3.8) is 0 Å². The van der Waals surface area contributed by atoms with Gasteiger partial charge in [0, 0.05) is 25.8 Å². The molecule has 2 aromatic rings. The van der Waals surface area contributed by atoms with Crippen LogP contribution in [0.15, 0.2) is 42.6 Å². The highest BCUT2D eigenvalue weighted by atomic mass is 19.4. The molecule has 0 bridgehead atoms. The number of alkyl halides is 3. The average Bonchev–Trinajstić information content (AvgIpc) is 3.13. The maximum atomic E-state index is 13.3. The van der Waals surface area contributed by atoms with Crippen LogP contribution >= 0.6 is 0 Å². The molecule has 0 amide bonds. The Balaban J connectivity index is 1.43. The molecule has 2 fully saturated rings. The first-order valence-electron chi connectivity index (χ1n) is 8.66. The Morgan fingerprint density at radius 3 is 2.36 bits per heavy atom. The van der Waals surface area contributed by atoms with Gasteiger partial charge < -0.3 is 0 Å². The standard InChI is InChI=1S/C19H20F3N3/c20-19(21,22)18-6-2-1-5-17(18)13-8-14-10-25(11-15(14)9-13)12-16-4-3-7-23-24-16/h1-7,13-15H,8-12H2/t13?,14-,15+. The van der Waals surface area contributed by atoms with Crippen LogP contribution in [0, 0.1) is 11.8 Å². The lowest BCUT2D eigenvalue weighted by Crippen LogP contribution is -2.22. The number of fused-ring (bicyclic) bond motifs is 1. The number of aromatic nitrogens is 2. The smallest absolute Gasteiger partial charge is 0.297 e. The van der Waals surface area contributed by atoms with Crippen molar-refractivity contribution in [2.75, 3.05) is 13.1 Å². The van der Waals surface area contributed by atoms with Crippen molar-refractivity contribution in [3.8, 4) is 0 Å². The van der Waals surface area contributed by atoms with Crippen molar-refractivity contribution in [2.24, 2.45) is 11.8 Å². The Labute approximate surface area is 144 Å². The molecule has 1 aliphatic carbocycles. The maximum absolute atomic E-state index is 13.3. The van der Waals surface area contributed by atoms with E-state index in [-0.39, 0.29) is 5.92 Å². The van der Waals surface area contributed by atoms with Crippen LogP contribution in [-0.2, 0) is 12.7 Å². The molecule has 1 aromatic carbocycles. The molecule has 1 aromatic heterocycles. The fourth-order valence-electron chi connectivity index (χ4n) is 4.54. The molecule has 4 rings (SSSR count). The fraction of sp³-hybridized carbons (Fsp3) is 0.474. The van der Waals surface area contributed by atoms with Crippen molar-refractivity contribution in [1.82, 2.24) is 15.1 Å². The van der Waals surface area contributed by atoms with Gasteiger partial charge in [0.05, 0.1) is 11.3 Å². The molecule has 0 radical (unpaired) electrons. The quantitative estimate of drug-likeness (QED) is 0.836. The van der Waals surface area contributed by atoms with Gasteiger partial charge in [-0.1, -0.05) is 18.2 Å². The molecular formula is C19H20F3N3. The number of hydrogen-bond acceptors (Lipinski definition) is 3. The Morgan fingerprint density at radius 1 is 1.00 bits per heavy atom. The molecule has 0 spiro atoms. The third-order valence-corrected chi connectivity index (χ3v) is 5.55. The van der Waals surface area contributed by atoms with E-state index < -0.39 is 11.7 Å². The van der Waals surface area contributed by atoms with E-state index in [1.807, 2.05) is 12.1 Å². The molecule has 2 aliphatic rings. The Kier molecular flexibility index (Phi) is 4.23. The van der Waals surface area contributed by atoms with Crippen LogP contribution in [0.25, 0.3) is 0 Å². The third kappa shape index (κ3) is 3.40. The summed E-state index contributed by atoms with van der Waals surface area (Å²) in [6.45, 7) is 2.64. The molecule has 1 saturated heterocycles. The van der Waals surface area contributed by atoms with Crippen LogP contribution in [0.2, 0.25) is 0 Å². The van der Waals surface area contributed by atoms with Gasteiger partial charge in [-0.2, -0.15) is 23.4 Å². The fourth-order valence-corrected chi connectivity index (χ4v) is 4.54. The summed E-state index contributed by atoms with van der Waals surface area (Å²) in [6, 6.07) is 9.91. The number of likely N-dealkylation sites (tertiary alicyclic amines) is 1. The van der Waals surface area contributed by atoms with Crippen LogP contribution in [-0.4, -0.2) is 28.2 Å². The van der Waals surface area contributed by atoms with Gasteiger partial charge in [0.15, 0.2) is 0 Å². The van der Waals surface area contributed by atoms with E-state index in [9.17, 15) is 13.2 Å². The first kappa shape index (κ1) is 16.5. The summed E-state index contributed by atoms with van der Waals surface area (Å²) in [4.78, 5) is 2.35. The highest BCUT2D eigenvalue weighted by molar-refractivity contribution is 5.34. The van der Waals surface area contributed by atoms with Gasteiger partial charge in [-0.3, -0.25) is 4.90 Å². The second-order valence-electron chi connectivity index (χ2n) is 7.18. The number of rotatable bonds is 3. The van der Waals surface area contributed by atoms with Crippen molar-refractivity contribution in [2.45, 2.75) is 31.5 Å². The number of benzene rings is 1. The highest BCUT2D eigenvalue weighted by Gasteiger charge is 2.43. The molecule has 6 heteroatoms. The zero-order chi connectivity index (χ0) is 17.4. The van der Waals surface area contributed by atoms with Crippen molar-refractivity contribution >= 4 is 0 Å². The summed E-state index contributed by atoms with van der Waals surface area (Å²) in [5, 5.41) is 8.02. The summed E-state index contributed by atoms with van der Waals surface area (Å²) in [6.07, 6.45) is -0.930. The van der Waals surface area contributed by atoms with Gasteiger partial charge >= 0.3 is 6.18 Å². The molecule has 0 N–H and O–H groups in total. The minimum atomic E-state index is -4.27. The Morgan fingerprint density at radius 2 is 1.72 bits per heavy atom. The first-order valence-corrected chi connectivity index (χ1v) is 8.66. The summed E-state index contributed by atoms with van der Waals surface area (Å²) < 4.78 is 39.8. The van der Waals surface area contributed by atoms with Crippen molar-refractivity contribution in [3.05, 3.63) is 59.4 Å². The van der Waals surface area contributed by atoms with E-state index in [4.69, 9.17) is 0 Å². The second-order valence-corrected chi connectivity index (χ2v) is 7.18. The third-order valence-electron chi connectivity index (χ3n) is 5.55. The van der Waals surface area contributed by atoms with E-state index >= 15 is 0 Å². The molecule has 1 aliphatic heterocycles. The van der Waals surface area contributed by atoms with E-state index in [0.717, 1.165) is 38.2 Å². The van der Waals surface area contributed by atoms with Crippen molar-refractivity contribution in [1.29, 1.82) is 0 Å². The number of nitrogens with zero attached hydrogens (tertiary/aromatic N) is 3. The van der Waals surface area contributed by atoms with Crippen LogP contribution in [0.1, 0.15) is 35.6 Å². The Hall–Kier alpha value is -1.95. The van der Waals surface area contributed by atoms with Crippen LogP contribution in [0.4, 0.5) is 13.2 Å². The lowest BCUT2D eigenvalue weighted by molar-refractivity contribution is -0.138. The van der Waals surface area contributed by atoms with Crippen LogP contribution in [0.3, 0.4) is 0 Å². The van der Waals surface area contributed by atoms with Gasteiger partial charge in [0.25, 0.3) is 0 Å². The minimum Gasteiger partial charge on any atom is -0.297 e. The van der Waals surface area contributed by atoms with E-state index in [1.165, 1.54) is 12.1 Å². The Bertz CT molecular complexity index is 718. The summed E-state index contributed by atoms with van der Waals surface area (Å²) in [7, 11) is 0. The minimum absolute atomic E-state index is 0.0199. The highest BCUT2D eigenvalue weighted by Crippen LogP contribution is 2.48. The molecular weight excluding hydrogens is 327 g/mol. The molecule has 25 heavy (non-hydrogen) atoms. The lowest BCUT2D eigenvalue weighted by atomic mass is 9.91. The topological polar surface area (TPSA) is 29.0 Å². The predicted octanol–water partition coefficient (Wildman–Crippen LogP) is 4.12. The van der Waals surface area contributed by atoms with Gasteiger partial charge in [0.2, 0.25) is 0 Å². The maximum Gasteiger partial charge on any atom is 0.416 e.